The molecule has 0 aliphatic rings. The fraction of sp³-hybridized carbons (Fsp3) is 0.500. The first-order valence-electron chi connectivity index (χ1n) is 11.5. The van der Waals surface area contributed by atoms with Crippen LogP contribution in [0.15, 0.2) is 52.7 Å². The van der Waals surface area contributed by atoms with Crippen molar-refractivity contribution in [3.05, 3.63) is 52.7 Å². The van der Waals surface area contributed by atoms with E-state index < -0.39 is 39.9 Å². The third-order valence-electron chi connectivity index (χ3n) is 5.11. The van der Waals surface area contributed by atoms with Crippen LogP contribution in [0.1, 0.15) is 57.9 Å². The van der Waals surface area contributed by atoms with E-state index in [1.54, 1.807) is 51.1 Å². The number of hydrogen-bond donors (Lipinski definition) is 3. The Hall–Kier alpha value is -2.63. The summed E-state index contributed by atoms with van der Waals surface area (Å²) in [6, 6.07) is 11.0. The average Bonchev–Trinajstić information content (AvgIpc) is 3.30. The van der Waals surface area contributed by atoms with E-state index in [0.29, 0.717) is 19.3 Å². The van der Waals surface area contributed by atoms with Crippen molar-refractivity contribution in [1.82, 2.24) is 14.9 Å². The number of hydrogen-bond acceptors (Lipinski definition) is 6. The van der Waals surface area contributed by atoms with E-state index in [2.05, 4.69) is 10.6 Å². The summed E-state index contributed by atoms with van der Waals surface area (Å²) in [6.07, 6.45) is -0.165. The number of carbonyl (C=O) groups is 2. The van der Waals surface area contributed by atoms with Crippen molar-refractivity contribution in [2.75, 3.05) is 13.1 Å². The Bertz CT molecular complexity index is 1040. The summed E-state index contributed by atoms with van der Waals surface area (Å²) in [4.78, 5) is 24.3. The van der Waals surface area contributed by atoms with Gasteiger partial charge in [-0.25, -0.2) is 18.0 Å². The maximum absolute atomic E-state index is 13.7. The molecule has 1 unspecified atom stereocenters. The van der Waals surface area contributed by atoms with E-state index in [9.17, 15) is 18.0 Å². The summed E-state index contributed by atoms with van der Waals surface area (Å²) >= 11 is 1.46. The SMILES string of the molecule is CC(c1cccs1)N(C[C@H](CCCCNC(=O)O)NC(=O)OC(C)(C)C)S(=O)(=O)c1ccccc1. The number of thiophene rings is 1. The van der Waals surface area contributed by atoms with Crippen molar-refractivity contribution < 1.29 is 27.9 Å². The molecule has 0 saturated carbocycles. The Kier molecular flexibility index (Phi) is 10.5. The molecule has 2 atom stereocenters. The second-order valence-electron chi connectivity index (χ2n) is 9.15. The number of amides is 2. The standard InChI is InChI=1S/C24H35N3O6S2/c1-18(21-14-10-16-34-21)27(35(31,32)20-12-6-5-7-13-20)17-19(11-8-9-15-25-22(28)29)26-23(30)33-24(2,3)4/h5-7,10,12-14,16,18-19,25H,8-9,11,15,17H2,1-4H3,(H,26,30)(H,28,29)/t18?,19-/m0/s1. The molecule has 11 heteroatoms. The monoisotopic (exact) mass is 525 g/mol. The topological polar surface area (TPSA) is 125 Å². The van der Waals surface area contributed by atoms with Gasteiger partial charge in [-0.05, 0) is 70.5 Å². The van der Waals surface area contributed by atoms with Gasteiger partial charge in [0.2, 0.25) is 10.0 Å². The summed E-state index contributed by atoms with van der Waals surface area (Å²) in [6.45, 7) is 7.39. The van der Waals surface area contributed by atoms with Crippen LogP contribution < -0.4 is 10.6 Å². The van der Waals surface area contributed by atoms with Crippen LogP contribution in [0.5, 0.6) is 0 Å². The highest BCUT2D eigenvalue weighted by atomic mass is 32.2. The molecule has 0 saturated heterocycles. The first-order valence-corrected chi connectivity index (χ1v) is 13.8. The smallest absolute Gasteiger partial charge is 0.407 e. The number of alkyl carbamates (subject to hydrolysis) is 1. The maximum Gasteiger partial charge on any atom is 0.407 e. The molecule has 3 N–H and O–H groups in total. The largest absolute Gasteiger partial charge is 0.465 e. The lowest BCUT2D eigenvalue weighted by Gasteiger charge is -2.32. The van der Waals surface area contributed by atoms with Crippen molar-refractivity contribution >= 4 is 33.5 Å². The number of benzene rings is 1. The Morgan fingerprint density at radius 3 is 2.37 bits per heavy atom. The summed E-state index contributed by atoms with van der Waals surface area (Å²) in [5.41, 5.74) is -0.708. The first-order chi connectivity index (χ1) is 16.4. The second kappa shape index (κ2) is 12.9. The van der Waals surface area contributed by atoms with E-state index in [1.807, 2.05) is 24.4 Å². The van der Waals surface area contributed by atoms with Gasteiger partial charge in [-0.2, -0.15) is 4.31 Å². The summed E-state index contributed by atoms with van der Waals surface area (Å²) in [5.74, 6) is 0. The van der Waals surface area contributed by atoms with Gasteiger partial charge in [-0.3, -0.25) is 0 Å². The van der Waals surface area contributed by atoms with Crippen LogP contribution in [0, 0.1) is 0 Å². The number of carboxylic acid groups (broad SMARTS) is 1. The van der Waals surface area contributed by atoms with Crippen LogP contribution in [-0.2, 0) is 14.8 Å². The number of sulfonamides is 1. The van der Waals surface area contributed by atoms with E-state index in [-0.39, 0.29) is 18.0 Å². The molecule has 2 aromatic rings. The lowest BCUT2D eigenvalue weighted by Crippen LogP contribution is -2.47. The van der Waals surface area contributed by atoms with Gasteiger partial charge in [0.15, 0.2) is 0 Å². The summed E-state index contributed by atoms with van der Waals surface area (Å²) in [7, 11) is -3.88. The fourth-order valence-corrected chi connectivity index (χ4v) is 6.01. The Balaban J connectivity index is 2.29. The molecule has 0 radical (unpaired) electrons. The molecule has 0 aliphatic heterocycles. The number of nitrogens with one attached hydrogen (secondary N) is 2. The molecular formula is C24H35N3O6S2. The molecular weight excluding hydrogens is 490 g/mol. The fourth-order valence-electron chi connectivity index (χ4n) is 3.47. The Labute approximate surface area is 211 Å². The predicted molar refractivity (Wildman–Crippen MR) is 136 cm³/mol. The van der Waals surface area contributed by atoms with Gasteiger partial charge in [0, 0.05) is 24.0 Å². The first kappa shape index (κ1) is 28.6. The Morgan fingerprint density at radius 2 is 1.80 bits per heavy atom. The average molecular weight is 526 g/mol. The van der Waals surface area contributed by atoms with Gasteiger partial charge in [-0.1, -0.05) is 24.3 Å². The van der Waals surface area contributed by atoms with Crippen LogP contribution >= 0.6 is 11.3 Å². The number of nitrogens with zero attached hydrogens (tertiary/aromatic N) is 1. The molecule has 0 fully saturated rings. The highest BCUT2D eigenvalue weighted by Gasteiger charge is 2.33. The van der Waals surface area contributed by atoms with Crippen LogP contribution in [0.25, 0.3) is 0 Å². The van der Waals surface area contributed by atoms with Crippen LogP contribution in [0.3, 0.4) is 0 Å². The molecule has 35 heavy (non-hydrogen) atoms. The third kappa shape index (κ3) is 9.50. The van der Waals surface area contributed by atoms with Gasteiger partial charge in [0.25, 0.3) is 0 Å². The van der Waals surface area contributed by atoms with Crippen molar-refractivity contribution in [3.63, 3.8) is 0 Å². The van der Waals surface area contributed by atoms with Crippen LogP contribution in [0.4, 0.5) is 9.59 Å². The van der Waals surface area contributed by atoms with Crippen molar-refractivity contribution in [1.29, 1.82) is 0 Å². The number of ether oxygens (including phenoxy) is 1. The van der Waals surface area contributed by atoms with Gasteiger partial charge < -0.3 is 20.5 Å². The molecule has 0 spiro atoms. The maximum atomic E-state index is 13.7. The van der Waals surface area contributed by atoms with Crippen molar-refractivity contribution in [2.45, 2.75) is 69.5 Å². The zero-order valence-corrected chi connectivity index (χ0v) is 22.2. The van der Waals surface area contributed by atoms with Crippen molar-refractivity contribution in [2.24, 2.45) is 0 Å². The molecule has 194 valence electrons. The van der Waals surface area contributed by atoms with Crippen LogP contribution in [-0.4, -0.2) is 54.7 Å². The lowest BCUT2D eigenvalue weighted by atomic mass is 10.1. The van der Waals surface area contributed by atoms with Gasteiger partial charge in [0.05, 0.1) is 10.9 Å². The second-order valence-corrected chi connectivity index (χ2v) is 12.0. The number of rotatable bonds is 12. The van der Waals surface area contributed by atoms with Gasteiger partial charge >= 0.3 is 12.2 Å². The van der Waals surface area contributed by atoms with Gasteiger partial charge in [0.1, 0.15) is 5.60 Å². The molecule has 2 rings (SSSR count). The minimum atomic E-state index is -3.88. The summed E-state index contributed by atoms with van der Waals surface area (Å²) in [5, 5.41) is 15.8. The van der Waals surface area contributed by atoms with Gasteiger partial charge in [-0.15, -0.1) is 11.3 Å². The van der Waals surface area contributed by atoms with E-state index in [0.717, 1.165) is 4.88 Å². The summed E-state index contributed by atoms with van der Waals surface area (Å²) < 4.78 is 34.2. The molecule has 1 aromatic heterocycles. The van der Waals surface area contributed by atoms with E-state index in [1.165, 1.54) is 15.6 Å². The predicted octanol–water partition coefficient (Wildman–Crippen LogP) is 4.83. The molecule has 0 aliphatic carbocycles. The zero-order valence-electron chi connectivity index (χ0n) is 20.6. The normalized spacial score (nSPS) is 13.7. The lowest BCUT2D eigenvalue weighted by molar-refractivity contribution is 0.0492. The molecule has 1 aromatic carbocycles. The minimum Gasteiger partial charge on any atom is -0.465 e. The highest BCUT2D eigenvalue weighted by Crippen LogP contribution is 2.30. The molecule has 9 nitrogen and oxygen atoms in total. The molecule has 2 amide bonds. The molecule has 1 heterocycles. The zero-order chi connectivity index (χ0) is 26.1. The van der Waals surface area contributed by atoms with E-state index >= 15 is 0 Å². The quantitative estimate of drug-likeness (QED) is 0.341. The highest BCUT2D eigenvalue weighted by molar-refractivity contribution is 7.89. The van der Waals surface area contributed by atoms with Crippen LogP contribution in [0.2, 0.25) is 0 Å². The number of unbranched alkanes of at least 4 members (excludes halogenated alkanes) is 1. The minimum absolute atomic E-state index is 0.0297. The van der Waals surface area contributed by atoms with Crippen molar-refractivity contribution in [3.8, 4) is 0 Å². The number of carbonyl (C=O) groups excluding carboxylic acids is 1. The Morgan fingerprint density at radius 1 is 1.11 bits per heavy atom. The third-order valence-corrected chi connectivity index (χ3v) is 8.11. The van der Waals surface area contributed by atoms with E-state index in [4.69, 9.17) is 9.84 Å². The molecule has 0 bridgehead atoms.